The second-order valence-corrected chi connectivity index (χ2v) is 3.86. The first-order chi connectivity index (χ1) is 5.05. The van der Waals surface area contributed by atoms with E-state index in [1.807, 2.05) is 0 Å². The molecule has 1 heteroatoms. The molecule has 62 valence electrons. The molecule has 0 spiro atoms. The van der Waals surface area contributed by atoms with Gasteiger partial charge in [0, 0.05) is 6.42 Å². The number of hydrogen-bond donors (Lipinski definition) is 0. The third kappa shape index (κ3) is 1.65. The highest BCUT2D eigenvalue weighted by Gasteiger charge is 2.18. The van der Waals surface area contributed by atoms with Gasteiger partial charge in [-0.2, -0.15) is 0 Å². The van der Waals surface area contributed by atoms with Gasteiger partial charge in [0.15, 0.2) is 0 Å². The van der Waals surface area contributed by atoms with Gasteiger partial charge in [-0.1, -0.05) is 27.7 Å². The zero-order valence-corrected chi connectivity index (χ0v) is 7.77. The maximum Gasteiger partial charge on any atom is 0.107 e. The van der Waals surface area contributed by atoms with E-state index in [2.05, 4.69) is 33.8 Å². The minimum Gasteiger partial charge on any atom is -0.469 e. The van der Waals surface area contributed by atoms with Gasteiger partial charge in [0.2, 0.25) is 0 Å². The van der Waals surface area contributed by atoms with E-state index in [0.29, 0.717) is 0 Å². The second kappa shape index (κ2) is 2.72. The van der Waals surface area contributed by atoms with E-state index in [4.69, 9.17) is 4.42 Å². The Morgan fingerprint density at radius 3 is 2.36 bits per heavy atom. The molecule has 1 heterocycles. The zero-order valence-electron chi connectivity index (χ0n) is 7.77. The van der Waals surface area contributed by atoms with E-state index >= 15 is 0 Å². The second-order valence-electron chi connectivity index (χ2n) is 3.86. The van der Waals surface area contributed by atoms with Crippen LogP contribution in [0.4, 0.5) is 0 Å². The summed E-state index contributed by atoms with van der Waals surface area (Å²) in [6, 6.07) is 2.07. The Kier molecular flexibility index (Phi) is 2.08. The Morgan fingerprint density at radius 2 is 2.00 bits per heavy atom. The summed E-state index contributed by atoms with van der Waals surface area (Å²) in [5.41, 5.74) is 1.55. The lowest BCUT2D eigenvalue weighted by Gasteiger charge is -2.17. The van der Waals surface area contributed by atoms with Crippen molar-refractivity contribution in [1.82, 2.24) is 0 Å². The Bertz CT molecular complexity index is 227. The van der Waals surface area contributed by atoms with Crippen LogP contribution in [-0.2, 0) is 11.8 Å². The summed E-state index contributed by atoms with van der Waals surface area (Å²) in [6.07, 6.45) is 2.76. The normalized spacial score (nSPS) is 12.0. The fourth-order valence-electron chi connectivity index (χ4n) is 1.28. The van der Waals surface area contributed by atoms with Gasteiger partial charge in [-0.15, -0.1) is 0 Å². The van der Waals surface area contributed by atoms with Crippen molar-refractivity contribution in [2.75, 3.05) is 0 Å². The molecule has 0 atom stereocenters. The maximum absolute atomic E-state index is 5.34. The quantitative estimate of drug-likeness (QED) is 0.602. The lowest BCUT2D eigenvalue weighted by Crippen LogP contribution is -2.11. The van der Waals surface area contributed by atoms with Crippen molar-refractivity contribution in [3.8, 4) is 0 Å². The summed E-state index contributed by atoms with van der Waals surface area (Å²) < 4.78 is 5.34. The van der Waals surface area contributed by atoms with Crippen molar-refractivity contribution in [2.45, 2.75) is 39.5 Å². The van der Waals surface area contributed by atoms with Crippen LogP contribution in [0, 0.1) is 0 Å². The summed E-state index contributed by atoms with van der Waals surface area (Å²) in [7, 11) is 0. The first-order valence-corrected chi connectivity index (χ1v) is 4.12. The number of hydrogen-bond acceptors (Lipinski definition) is 1. The Labute approximate surface area is 68.4 Å². The molecule has 1 nitrogen and oxygen atoms in total. The topological polar surface area (TPSA) is 13.1 Å². The molecule has 0 amide bonds. The van der Waals surface area contributed by atoms with Gasteiger partial charge in [-0.25, -0.2) is 0 Å². The molecule has 0 fully saturated rings. The molecule has 0 aliphatic rings. The summed E-state index contributed by atoms with van der Waals surface area (Å²) in [5.74, 6) is 1.12. The van der Waals surface area contributed by atoms with Gasteiger partial charge < -0.3 is 4.42 Å². The molecule has 11 heavy (non-hydrogen) atoms. The molecular weight excluding hydrogens is 136 g/mol. The minimum absolute atomic E-state index is 0.221. The SMILES string of the molecule is CCc1occc1C(C)(C)C. The van der Waals surface area contributed by atoms with Crippen LogP contribution in [0.3, 0.4) is 0 Å². The van der Waals surface area contributed by atoms with Crippen molar-refractivity contribution in [3.63, 3.8) is 0 Å². The van der Waals surface area contributed by atoms with Crippen molar-refractivity contribution >= 4 is 0 Å². The fraction of sp³-hybridized carbons (Fsp3) is 0.600. The first-order valence-electron chi connectivity index (χ1n) is 4.12. The van der Waals surface area contributed by atoms with Crippen LogP contribution in [-0.4, -0.2) is 0 Å². The van der Waals surface area contributed by atoms with Gasteiger partial charge in [0.1, 0.15) is 5.76 Å². The molecule has 0 unspecified atom stereocenters. The number of furan rings is 1. The van der Waals surface area contributed by atoms with Crippen LogP contribution in [0.25, 0.3) is 0 Å². The fourth-order valence-corrected chi connectivity index (χ4v) is 1.28. The van der Waals surface area contributed by atoms with Gasteiger partial charge >= 0.3 is 0 Å². The Morgan fingerprint density at radius 1 is 1.36 bits per heavy atom. The maximum atomic E-state index is 5.34. The van der Waals surface area contributed by atoms with Crippen LogP contribution >= 0.6 is 0 Å². The molecule has 0 radical (unpaired) electrons. The summed E-state index contributed by atoms with van der Waals surface area (Å²) >= 11 is 0. The summed E-state index contributed by atoms with van der Waals surface area (Å²) in [5, 5.41) is 0. The van der Waals surface area contributed by atoms with Crippen molar-refractivity contribution in [3.05, 3.63) is 23.7 Å². The summed E-state index contributed by atoms with van der Waals surface area (Å²) in [4.78, 5) is 0. The highest BCUT2D eigenvalue weighted by Crippen LogP contribution is 2.26. The number of rotatable bonds is 1. The van der Waals surface area contributed by atoms with Crippen LogP contribution in [0.5, 0.6) is 0 Å². The molecule has 0 bridgehead atoms. The van der Waals surface area contributed by atoms with Crippen molar-refractivity contribution < 1.29 is 4.42 Å². The largest absolute Gasteiger partial charge is 0.469 e. The number of aryl methyl sites for hydroxylation is 1. The van der Waals surface area contributed by atoms with Crippen molar-refractivity contribution in [1.29, 1.82) is 0 Å². The molecule has 0 aliphatic carbocycles. The average molecular weight is 152 g/mol. The molecule has 1 rings (SSSR count). The summed E-state index contributed by atoms with van der Waals surface area (Å²) in [6.45, 7) is 8.74. The smallest absolute Gasteiger partial charge is 0.107 e. The van der Waals surface area contributed by atoms with E-state index < -0.39 is 0 Å². The van der Waals surface area contributed by atoms with Crippen LogP contribution < -0.4 is 0 Å². The van der Waals surface area contributed by atoms with E-state index in [1.165, 1.54) is 5.56 Å². The van der Waals surface area contributed by atoms with Gasteiger partial charge in [-0.3, -0.25) is 0 Å². The standard InChI is InChI=1S/C10H16O/c1-5-9-8(6-7-11-9)10(2,3)4/h6-7H,5H2,1-4H3. The predicted molar refractivity (Wildman–Crippen MR) is 46.8 cm³/mol. The average Bonchev–Trinajstić information content (AvgIpc) is 2.31. The van der Waals surface area contributed by atoms with E-state index in [9.17, 15) is 0 Å². The van der Waals surface area contributed by atoms with Crippen molar-refractivity contribution in [2.24, 2.45) is 0 Å². The molecule has 0 saturated carbocycles. The lowest BCUT2D eigenvalue weighted by atomic mass is 9.87. The molecule has 1 aromatic heterocycles. The van der Waals surface area contributed by atoms with E-state index in [1.54, 1.807) is 6.26 Å². The van der Waals surface area contributed by atoms with Gasteiger partial charge in [-0.05, 0) is 17.0 Å². The van der Waals surface area contributed by atoms with Gasteiger partial charge in [0.25, 0.3) is 0 Å². The van der Waals surface area contributed by atoms with E-state index in [-0.39, 0.29) is 5.41 Å². The van der Waals surface area contributed by atoms with Crippen LogP contribution in [0.1, 0.15) is 39.0 Å². The molecule has 0 N–H and O–H groups in total. The molecule has 0 saturated heterocycles. The molecule has 0 aliphatic heterocycles. The predicted octanol–water partition coefficient (Wildman–Crippen LogP) is 3.14. The van der Waals surface area contributed by atoms with Crippen LogP contribution in [0.15, 0.2) is 16.7 Å². The van der Waals surface area contributed by atoms with Gasteiger partial charge in [0.05, 0.1) is 6.26 Å². The highest BCUT2D eigenvalue weighted by molar-refractivity contribution is 5.24. The lowest BCUT2D eigenvalue weighted by molar-refractivity contribution is 0.490. The Balaban J connectivity index is 3.02. The third-order valence-corrected chi connectivity index (χ3v) is 1.87. The minimum atomic E-state index is 0.221. The monoisotopic (exact) mass is 152 g/mol. The van der Waals surface area contributed by atoms with E-state index in [0.717, 1.165) is 12.2 Å². The Hall–Kier alpha value is -0.720. The molecular formula is C10H16O. The highest BCUT2D eigenvalue weighted by atomic mass is 16.3. The first kappa shape index (κ1) is 8.38. The molecule has 1 aromatic rings. The zero-order chi connectivity index (χ0) is 8.48. The third-order valence-electron chi connectivity index (χ3n) is 1.87. The molecule has 0 aromatic carbocycles. The van der Waals surface area contributed by atoms with Crippen LogP contribution in [0.2, 0.25) is 0 Å².